The average Bonchev–Trinajstić information content (AvgIpc) is 3.20. The predicted molar refractivity (Wildman–Crippen MR) is 93.4 cm³/mol. The Morgan fingerprint density at radius 3 is 2.78 bits per heavy atom. The predicted octanol–water partition coefficient (Wildman–Crippen LogP) is 4.64. The monoisotopic (exact) mass is 345 g/mol. The van der Waals surface area contributed by atoms with Crippen molar-refractivity contribution in [1.82, 2.24) is 15.1 Å². The molecule has 3 rings (SSSR count). The molecule has 2 heterocycles. The maximum Gasteiger partial charge on any atom is 0.249 e. The third-order valence-corrected chi connectivity index (χ3v) is 4.47. The lowest BCUT2D eigenvalue weighted by Crippen LogP contribution is -2.22. The van der Waals surface area contributed by atoms with E-state index in [0.717, 1.165) is 18.7 Å². The maximum atomic E-state index is 6.17. The fraction of sp³-hybridized carbons (Fsp3) is 0.176. The number of hydrogen-bond acceptors (Lipinski definition) is 5. The Morgan fingerprint density at radius 2 is 2.04 bits per heavy atom. The molecule has 0 radical (unpaired) electrons. The van der Waals surface area contributed by atoms with Crippen molar-refractivity contribution in [2.24, 2.45) is 0 Å². The van der Waals surface area contributed by atoms with Crippen LogP contribution >= 0.6 is 22.9 Å². The Bertz CT molecular complexity index is 770. The zero-order valence-corrected chi connectivity index (χ0v) is 14.1. The lowest BCUT2D eigenvalue weighted by Gasteiger charge is -2.17. The first-order valence-electron chi connectivity index (χ1n) is 7.19. The summed E-state index contributed by atoms with van der Waals surface area (Å²) >= 11 is 7.90. The van der Waals surface area contributed by atoms with Gasteiger partial charge in [0.15, 0.2) is 0 Å². The van der Waals surface area contributed by atoms with E-state index in [1.54, 1.807) is 11.3 Å². The lowest BCUT2D eigenvalue weighted by molar-refractivity contribution is 0.258. The minimum Gasteiger partial charge on any atom is -0.419 e. The first-order valence-corrected chi connectivity index (χ1v) is 8.45. The van der Waals surface area contributed by atoms with Gasteiger partial charge in [0.1, 0.15) is 0 Å². The van der Waals surface area contributed by atoms with Gasteiger partial charge >= 0.3 is 0 Å². The summed E-state index contributed by atoms with van der Waals surface area (Å²) in [6.45, 7) is 5.96. The van der Waals surface area contributed by atoms with Crippen LogP contribution in [0, 0.1) is 0 Å². The first kappa shape index (κ1) is 15.9. The Labute approximate surface area is 144 Å². The fourth-order valence-corrected chi connectivity index (χ4v) is 3.21. The molecule has 118 valence electrons. The molecule has 4 nitrogen and oxygen atoms in total. The molecule has 23 heavy (non-hydrogen) atoms. The molecule has 0 unspecified atom stereocenters. The van der Waals surface area contributed by atoms with E-state index >= 15 is 0 Å². The van der Waals surface area contributed by atoms with E-state index in [9.17, 15) is 0 Å². The molecule has 0 saturated carbocycles. The molecular weight excluding hydrogens is 330 g/mol. The first-order chi connectivity index (χ1) is 11.3. The Hall–Kier alpha value is -1.95. The molecule has 3 aromatic rings. The minimum atomic E-state index is 0.445. The third kappa shape index (κ3) is 4.07. The Balaban J connectivity index is 1.74. The second-order valence-corrected chi connectivity index (χ2v) is 6.46. The highest BCUT2D eigenvalue weighted by Crippen LogP contribution is 2.26. The molecule has 2 aromatic heterocycles. The van der Waals surface area contributed by atoms with Crippen molar-refractivity contribution in [2.45, 2.75) is 13.1 Å². The molecule has 6 heteroatoms. The van der Waals surface area contributed by atoms with Gasteiger partial charge in [0.05, 0.1) is 17.1 Å². The van der Waals surface area contributed by atoms with Crippen molar-refractivity contribution in [1.29, 1.82) is 0 Å². The fourth-order valence-electron chi connectivity index (χ4n) is 2.24. The summed E-state index contributed by atoms with van der Waals surface area (Å²) < 4.78 is 5.77. The van der Waals surface area contributed by atoms with Gasteiger partial charge < -0.3 is 4.42 Å². The van der Waals surface area contributed by atoms with Crippen LogP contribution < -0.4 is 0 Å². The van der Waals surface area contributed by atoms with Crippen LogP contribution in [-0.2, 0) is 13.1 Å². The van der Waals surface area contributed by atoms with Crippen molar-refractivity contribution >= 4 is 22.9 Å². The van der Waals surface area contributed by atoms with E-state index in [4.69, 9.17) is 16.0 Å². The summed E-state index contributed by atoms with van der Waals surface area (Å²) in [6, 6.07) is 11.6. The molecule has 0 aliphatic carbocycles. The van der Waals surface area contributed by atoms with Gasteiger partial charge in [-0.1, -0.05) is 35.9 Å². The van der Waals surface area contributed by atoms with Gasteiger partial charge in [-0.3, -0.25) is 4.90 Å². The second-order valence-electron chi connectivity index (χ2n) is 5.02. The van der Waals surface area contributed by atoms with Crippen molar-refractivity contribution in [3.05, 3.63) is 70.2 Å². The molecule has 0 N–H and O–H groups in total. The molecule has 0 spiro atoms. The molecule has 0 atom stereocenters. The van der Waals surface area contributed by atoms with Gasteiger partial charge in [-0.15, -0.1) is 28.1 Å². The lowest BCUT2D eigenvalue weighted by atomic mass is 10.2. The Kier molecular flexibility index (Phi) is 5.23. The van der Waals surface area contributed by atoms with Crippen LogP contribution in [0.25, 0.3) is 11.5 Å². The van der Waals surface area contributed by atoms with Crippen molar-refractivity contribution in [3.63, 3.8) is 0 Å². The normalized spacial score (nSPS) is 11.0. The zero-order chi connectivity index (χ0) is 16.1. The van der Waals surface area contributed by atoms with E-state index < -0.39 is 0 Å². The topological polar surface area (TPSA) is 42.2 Å². The van der Waals surface area contributed by atoms with Gasteiger partial charge in [-0.2, -0.15) is 0 Å². The van der Waals surface area contributed by atoms with Crippen molar-refractivity contribution in [2.75, 3.05) is 6.54 Å². The molecule has 1 aromatic carbocycles. The molecule has 0 saturated heterocycles. The standard InChI is InChI=1S/C17H16ClN3OS/c1-2-9-21(11-13-6-5-10-23-13)12-16-19-20-17(22-16)14-7-3-4-8-15(14)18/h2-8,10H,1,9,11-12H2. The van der Waals surface area contributed by atoms with Crippen LogP contribution in [0.15, 0.2) is 58.9 Å². The van der Waals surface area contributed by atoms with Crippen molar-refractivity contribution < 1.29 is 4.42 Å². The highest BCUT2D eigenvalue weighted by molar-refractivity contribution is 7.09. The summed E-state index contributed by atoms with van der Waals surface area (Å²) in [7, 11) is 0. The second kappa shape index (κ2) is 7.55. The summed E-state index contributed by atoms with van der Waals surface area (Å²) in [4.78, 5) is 3.49. The molecular formula is C17H16ClN3OS. The number of rotatable bonds is 7. The highest BCUT2D eigenvalue weighted by atomic mass is 35.5. The van der Waals surface area contributed by atoms with E-state index in [0.29, 0.717) is 23.3 Å². The largest absolute Gasteiger partial charge is 0.419 e. The van der Waals surface area contributed by atoms with Gasteiger partial charge in [0.2, 0.25) is 11.8 Å². The zero-order valence-electron chi connectivity index (χ0n) is 12.5. The molecule has 0 amide bonds. The number of halogens is 1. The molecule has 0 bridgehead atoms. The molecule has 0 aliphatic heterocycles. The van der Waals surface area contributed by atoms with Gasteiger partial charge in [-0.25, -0.2) is 0 Å². The summed E-state index contributed by atoms with van der Waals surface area (Å²) in [5.41, 5.74) is 0.751. The third-order valence-electron chi connectivity index (χ3n) is 3.28. The number of hydrogen-bond donors (Lipinski definition) is 0. The summed E-state index contributed by atoms with van der Waals surface area (Å²) in [6.07, 6.45) is 1.87. The minimum absolute atomic E-state index is 0.445. The van der Waals surface area contributed by atoms with Crippen LogP contribution in [0.4, 0.5) is 0 Å². The van der Waals surface area contributed by atoms with Crippen LogP contribution in [0.3, 0.4) is 0 Å². The van der Waals surface area contributed by atoms with Gasteiger partial charge in [0, 0.05) is 18.0 Å². The van der Waals surface area contributed by atoms with E-state index in [-0.39, 0.29) is 0 Å². The van der Waals surface area contributed by atoms with Gasteiger partial charge in [-0.05, 0) is 23.6 Å². The summed E-state index contributed by atoms with van der Waals surface area (Å²) in [5.74, 6) is 1.01. The van der Waals surface area contributed by atoms with E-state index in [1.165, 1.54) is 4.88 Å². The van der Waals surface area contributed by atoms with Gasteiger partial charge in [0.25, 0.3) is 0 Å². The highest BCUT2D eigenvalue weighted by Gasteiger charge is 2.14. The summed E-state index contributed by atoms with van der Waals surface area (Å²) in [5, 5.41) is 10.9. The molecule has 0 aliphatic rings. The Morgan fingerprint density at radius 1 is 1.17 bits per heavy atom. The van der Waals surface area contributed by atoms with Crippen LogP contribution in [0.2, 0.25) is 5.02 Å². The van der Waals surface area contributed by atoms with Crippen LogP contribution in [0.1, 0.15) is 10.8 Å². The SMILES string of the molecule is C=CCN(Cc1nnc(-c2ccccc2Cl)o1)Cc1cccs1. The van der Waals surface area contributed by atoms with Crippen LogP contribution in [-0.4, -0.2) is 21.6 Å². The average molecular weight is 346 g/mol. The van der Waals surface area contributed by atoms with Crippen molar-refractivity contribution in [3.8, 4) is 11.5 Å². The van der Waals surface area contributed by atoms with Crippen LogP contribution in [0.5, 0.6) is 0 Å². The number of thiophene rings is 1. The quantitative estimate of drug-likeness (QED) is 0.585. The smallest absolute Gasteiger partial charge is 0.249 e. The maximum absolute atomic E-state index is 6.17. The molecule has 0 fully saturated rings. The van der Waals surface area contributed by atoms with E-state index in [1.807, 2.05) is 36.4 Å². The number of benzene rings is 1. The number of nitrogens with zero attached hydrogens (tertiary/aromatic N) is 3. The van der Waals surface area contributed by atoms with E-state index in [2.05, 4.69) is 33.1 Å². The number of aromatic nitrogens is 2.